The molecule has 158 valence electrons. The number of aryl methyl sites for hydroxylation is 1. The fourth-order valence-corrected chi connectivity index (χ4v) is 4.55. The van der Waals surface area contributed by atoms with Crippen LogP contribution in [0.5, 0.6) is 0 Å². The van der Waals surface area contributed by atoms with E-state index in [-0.39, 0.29) is 10.8 Å². The summed E-state index contributed by atoms with van der Waals surface area (Å²) in [6.07, 6.45) is 0.820. The second-order valence-electron chi connectivity index (χ2n) is 6.88. The van der Waals surface area contributed by atoms with Crippen LogP contribution in [0.25, 0.3) is 11.5 Å². The molecule has 1 N–H and O–H groups in total. The molecule has 8 heteroatoms. The zero-order valence-electron chi connectivity index (χ0n) is 16.7. The Kier molecular flexibility index (Phi) is 6.18. The van der Waals surface area contributed by atoms with E-state index in [0.29, 0.717) is 16.5 Å². The largest absolute Gasteiger partial charge is 0.419 e. The SMILES string of the molecule is CCc1ccc(S(=O)(=O)NC(c2nnc(-c3ccccc3)o2)c2ccccc2Cl)cc1. The number of rotatable bonds is 7. The normalized spacial score (nSPS) is 12.6. The Hall–Kier alpha value is -3.00. The zero-order valence-corrected chi connectivity index (χ0v) is 18.3. The van der Waals surface area contributed by atoms with E-state index < -0.39 is 16.1 Å². The first kappa shape index (κ1) is 21.2. The van der Waals surface area contributed by atoms with Gasteiger partial charge in [0.2, 0.25) is 21.8 Å². The molecule has 0 fully saturated rings. The third-order valence-corrected chi connectivity index (χ3v) is 6.62. The Bertz CT molecular complexity index is 1270. The van der Waals surface area contributed by atoms with Crippen LogP contribution in [0.15, 0.2) is 88.2 Å². The van der Waals surface area contributed by atoms with Crippen molar-refractivity contribution in [2.24, 2.45) is 0 Å². The van der Waals surface area contributed by atoms with Crippen molar-refractivity contribution in [3.8, 4) is 11.5 Å². The van der Waals surface area contributed by atoms with Gasteiger partial charge in [0.05, 0.1) is 4.90 Å². The summed E-state index contributed by atoms with van der Waals surface area (Å²) in [6.45, 7) is 2.01. The average molecular weight is 454 g/mol. The van der Waals surface area contributed by atoms with E-state index in [1.807, 2.05) is 37.3 Å². The lowest BCUT2D eigenvalue weighted by atomic mass is 10.1. The Morgan fingerprint density at radius 1 is 0.935 bits per heavy atom. The van der Waals surface area contributed by atoms with Crippen molar-refractivity contribution < 1.29 is 12.8 Å². The van der Waals surface area contributed by atoms with E-state index in [0.717, 1.165) is 17.5 Å². The predicted octanol–water partition coefficient (Wildman–Crippen LogP) is 5.02. The van der Waals surface area contributed by atoms with E-state index in [4.69, 9.17) is 16.0 Å². The number of nitrogens with zero attached hydrogens (tertiary/aromatic N) is 2. The molecule has 3 aromatic carbocycles. The fraction of sp³-hybridized carbons (Fsp3) is 0.130. The maximum absolute atomic E-state index is 13.1. The zero-order chi connectivity index (χ0) is 21.8. The molecule has 0 aliphatic carbocycles. The second kappa shape index (κ2) is 9.01. The van der Waals surface area contributed by atoms with E-state index in [9.17, 15) is 8.42 Å². The number of nitrogens with one attached hydrogen (secondary N) is 1. The number of hydrogen-bond acceptors (Lipinski definition) is 5. The fourth-order valence-electron chi connectivity index (χ4n) is 3.13. The molecular formula is C23H20ClN3O3S. The number of hydrogen-bond donors (Lipinski definition) is 1. The van der Waals surface area contributed by atoms with Crippen molar-refractivity contribution in [1.29, 1.82) is 0 Å². The molecule has 0 spiro atoms. The van der Waals surface area contributed by atoms with Crippen molar-refractivity contribution >= 4 is 21.6 Å². The molecule has 0 saturated carbocycles. The quantitative estimate of drug-likeness (QED) is 0.424. The summed E-state index contributed by atoms with van der Waals surface area (Å²) < 4.78 is 34.8. The van der Waals surface area contributed by atoms with Crippen LogP contribution in [0.2, 0.25) is 5.02 Å². The Balaban J connectivity index is 1.74. The van der Waals surface area contributed by atoms with Crippen LogP contribution in [0, 0.1) is 0 Å². The Morgan fingerprint density at radius 2 is 1.61 bits per heavy atom. The van der Waals surface area contributed by atoms with Gasteiger partial charge in [0.25, 0.3) is 0 Å². The minimum atomic E-state index is -3.89. The molecule has 4 rings (SSSR count). The van der Waals surface area contributed by atoms with Gasteiger partial charge < -0.3 is 4.42 Å². The summed E-state index contributed by atoms with van der Waals surface area (Å²) in [5.74, 6) is 0.389. The van der Waals surface area contributed by atoms with E-state index in [1.165, 1.54) is 0 Å². The molecule has 0 saturated heterocycles. The molecule has 4 aromatic rings. The van der Waals surface area contributed by atoms with Crippen molar-refractivity contribution in [1.82, 2.24) is 14.9 Å². The molecule has 31 heavy (non-hydrogen) atoms. The van der Waals surface area contributed by atoms with Gasteiger partial charge >= 0.3 is 0 Å². The average Bonchev–Trinajstić information content (AvgIpc) is 3.29. The first-order chi connectivity index (χ1) is 15.0. The van der Waals surface area contributed by atoms with Gasteiger partial charge in [-0.15, -0.1) is 10.2 Å². The molecule has 0 bridgehead atoms. The second-order valence-corrected chi connectivity index (χ2v) is 9.01. The Morgan fingerprint density at radius 3 is 2.29 bits per heavy atom. The predicted molar refractivity (Wildman–Crippen MR) is 119 cm³/mol. The molecule has 1 heterocycles. The third-order valence-electron chi connectivity index (χ3n) is 4.84. The van der Waals surface area contributed by atoms with Gasteiger partial charge in [-0.2, -0.15) is 4.72 Å². The molecule has 0 amide bonds. The molecule has 1 unspecified atom stereocenters. The highest BCUT2D eigenvalue weighted by Crippen LogP contribution is 2.31. The van der Waals surface area contributed by atoms with E-state index in [2.05, 4.69) is 14.9 Å². The first-order valence-corrected chi connectivity index (χ1v) is 11.6. The minimum absolute atomic E-state index is 0.0979. The van der Waals surface area contributed by atoms with Gasteiger partial charge in [-0.25, -0.2) is 8.42 Å². The molecule has 0 aliphatic heterocycles. The van der Waals surface area contributed by atoms with Crippen molar-refractivity contribution in [3.05, 3.63) is 101 Å². The lowest BCUT2D eigenvalue weighted by Gasteiger charge is -2.17. The van der Waals surface area contributed by atoms with Crippen molar-refractivity contribution in [2.75, 3.05) is 0 Å². The van der Waals surface area contributed by atoms with Gasteiger partial charge in [-0.1, -0.05) is 67.1 Å². The van der Waals surface area contributed by atoms with Gasteiger partial charge in [0.1, 0.15) is 6.04 Å². The van der Waals surface area contributed by atoms with Gasteiger partial charge in [0.15, 0.2) is 0 Å². The van der Waals surface area contributed by atoms with Crippen LogP contribution in [0.3, 0.4) is 0 Å². The summed E-state index contributed by atoms with van der Waals surface area (Å²) in [6, 6.07) is 22.0. The maximum atomic E-state index is 13.1. The minimum Gasteiger partial charge on any atom is -0.419 e. The van der Waals surface area contributed by atoms with Gasteiger partial charge in [-0.3, -0.25) is 0 Å². The summed E-state index contributed by atoms with van der Waals surface area (Å²) in [5.41, 5.74) is 2.30. The number of sulfonamides is 1. The maximum Gasteiger partial charge on any atom is 0.247 e. The topological polar surface area (TPSA) is 85.1 Å². The van der Waals surface area contributed by atoms with Gasteiger partial charge in [0, 0.05) is 10.6 Å². The molecule has 0 aliphatic rings. The summed E-state index contributed by atoms with van der Waals surface area (Å²) >= 11 is 6.38. The van der Waals surface area contributed by atoms with Crippen LogP contribution >= 0.6 is 11.6 Å². The summed E-state index contributed by atoms with van der Waals surface area (Å²) in [4.78, 5) is 0.143. The van der Waals surface area contributed by atoms with E-state index in [1.54, 1.807) is 48.5 Å². The van der Waals surface area contributed by atoms with Crippen LogP contribution < -0.4 is 4.72 Å². The molecule has 6 nitrogen and oxygen atoms in total. The van der Waals surface area contributed by atoms with Crippen LogP contribution in [-0.2, 0) is 16.4 Å². The highest BCUT2D eigenvalue weighted by molar-refractivity contribution is 7.89. The molecule has 0 radical (unpaired) electrons. The lowest BCUT2D eigenvalue weighted by Crippen LogP contribution is -2.30. The highest BCUT2D eigenvalue weighted by atomic mass is 35.5. The van der Waals surface area contributed by atoms with Crippen LogP contribution in [-0.4, -0.2) is 18.6 Å². The Labute approximate surface area is 186 Å². The van der Waals surface area contributed by atoms with Gasteiger partial charge in [-0.05, 0) is 47.9 Å². The van der Waals surface area contributed by atoms with Crippen LogP contribution in [0.4, 0.5) is 0 Å². The molecular weight excluding hydrogens is 434 g/mol. The monoisotopic (exact) mass is 453 g/mol. The van der Waals surface area contributed by atoms with Crippen LogP contribution in [0.1, 0.15) is 30.0 Å². The first-order valence-electron chi connectivity index (χ1n) is 9.72. The third kappa shape index (κ3) is 4.69. The lowest BCUT2D eigenvalue weighted by molar-refractivity contribution is 0.464. The molecule has 1 aromatic heterocycles. The molecule has 1 atom stereocenters. The number of benzene rings is 3. The standard InChI is InChI=1S/C23H20ClN3O3S/c1-2-16-12-14-18(15-13-16)31(28,29)27-21(19-10-6-7-11-20(19)24)23-26-25-22(30-23)17-8-4-3-5-9-17/h3-15,21,27H,2H2,1H3. The summed E-state index contributed by atoms with van der Waals surface area (Å²) in [5, 5.41) is 8.59. The van der Waals surface area contributed by atoms with Crippen molar-refractivity contribution in [3.63, 3.8) is 0 Å². The smallest absolute Gasteiger partial charge is 0.247 e. The van der Waals surface area contributed by atoms with Crippen molar-refractivity contribution in [2.45, 2.75) is 24.3 Å². The number of aromatic nitrogens is 2. The highest BCUT2D eigenvalue weighted by Gasteiger charge is 2.29. The summed E-state index contributed by atoms with van der Waals surface area (Å²) in [7, 11) is -3.89. The number of halogens is 1. The van der Waals surface area contributed by atoms with E-state index >= 15 is 0 Å².